The summed E-state index contributed by atoms with van der Waals surface area (Å²) in [6.07, 6.45) is 0. The van der Waals surface area contributed by atoms with Crippen LogP contribution in [0.3, 0.4) is 0 Å². The fourth-order valence-electron chi connectivity index (χ4n) is 1.15. The van der Waals surface area contributed by atoms with Crippen molar-refractivity contribution >= 4 is 23.3 Å². The molecule has 0 aliphatic heterocycles. The van der Waals surface area contributed by atoms with Crippen molar-refractivity contribution in [3.05, 3.63) is 24.3 Å². The lowest BCUT2D eigenvalue weighted by Gasteiger charge is -2.07. The van der Waals surface area contributed by atoms with Gasteiger partial charge in [0.15, 0.2) is 0 Å². The molecule has 0 spiro atoms. The van der Waals surface area contributed by atoms with Gasteiger partial charge in [-0.3, -0.25) is 4.79 Å². The first-order valence-corrected chi connectivity index (χ1v) is 5.03. The lowest BCUT2D eigenvalue weighted by Crippen LogP contribution is -2.30. The van der Waals surface area contributed by atoms with Crippen molar-refractivity contribution < 1.29 is 14.3 Å². The van der Waals surface area contributed by atoms with Crippen LogP contribution in [0.1, 0.15) is 6.92 Å². The van der Waals surface area contributed by atoms with E-state index in [0.29, 0.717) is 11.4 Å². The van der Waals surface area contributed by atoms with Crippen molar-refractivity contribution in [3.63, 3.8) is 0 Å². The summed E-state index contributed by atoms with van der Waals surface area (Å²) >= 11 is 0. The average Bonchev–Trinajstić information content (AvgIpc) is 2.28. The van der Waals surface area contributed by atoms with Crippen molar-refractivity contribution in [2.24, 2.45) is 0 Å². The van der Waals surface area contributed by atoms with Gasteiger partial charge in [-0.25, -0.2) is 4.79 Å². The van der Waals surface area contributed by atoms with Gasteiger partial charge in [0, 0.05) is 25.4 Å². The molecule has 0 saturated carbocycles. The summed E-state index contributed by atoms with van der Waals surface area (Å²) in [5.41, 5.74) is 1.31. The number of hydrogen-bond donors (Lipinski definition) is 3. The third-order valence-corrected chi connectivity index (χ3v) is 1.84. The number of benzene rings is 1. The monoisotopic (exact) mass is 237 g/mol. The highest BCUT2D eigenvalue weighted by Gasteiger charge is 2.00. The Bertz CT molecular complexity index is 389. The SMILES string of the molecule is COCNC(=O)Nc1ccc(NC(C)=O)cc1. The van der Waals surface area contributed by atoms with Crippen LogP contribution in [-0.2, 0) is 9.53 Å². The second-order valence-electron chi connectivity index (χ2n) is 3.32. The Morgan fingerprint density at radius 1 is 1.12 bits per heavy atom. The van der Waals surface area contributed by atoms with Crippen LogP contribution >= 0.6 is 0 Å². The van der Waals surface area contributed by atoms with E-state index in [9.17, 15) is 9.59 Å². The zero-order valence-corrected chi connectivity index (χ0v) is 9.74. The zero-order chi connectivity index (χ0) is 12.7. The fraction of sp³-hybridized carbons (Fsp3) is 0.273. The first kappa shape index (κ1) is 13.0. The van der Waals surface area contributed by atoms with Crippen molar-refractivity contribution in [2.45, 2.75) is 6.92 Å². The van der Waals surface area contributed by atoms with E-state index in [4.69, 9.17) is 4.74 Å². The number of hydrogen-bond acceptors (Lipinski definition) is 3. The van der Waals surface area contributed by atoms with Gasteiger partial charge in [-0.15, -0.1) is 0 Å². The molecular weight excluding hydrogens is 222 g/mol. The number of ether oxygens (including phenoxy) is 1. The normalized spacial score (nSPS) is 9.53. The van der Waals surface area contributed by atoms with Gasteiger partial charge in [-0.1, -0.05) is 0 Å². The Balaban J connectivity index is 2.50. The van der Waals surface area contributed by atoms with Crippen molar-refractivity contribution in [1.82, 2.24) is 5.32 Å². The average molecular weight is 237 g/mol. The minimum atomic E-state index is -0.348. The van der Waals surface area contributed by atoms with E-state index in [1.807, 2.05) is 0 Å². The van der Waals surface area contributed by atoms with E-state index in [0.717, 1.165) is 0 Å². The zero-order valence-electron chi connectivity index (χ0n) is 9.74. The fourth-order valence-corrected chi connectivity index (χ4v) is 1.15. The Morgan fingerprint density at radius 3 is 2.12 bits per heavy atom. The predicted molar refractivity (Wildman–Crippen MR) is 64.8 cm³/mol. The molecule has 0 aliphatic rings. The van der Waals surface area contributed by atoms with Crippen LogP contribution in [0.4, 0.5) is 16.2 Å². The van der Waals surface area contributed by atoms with Crippen LogP contribution in [-0.4, -0.2) is 25.8 Å². The summed E-state index contributed by atoms with van der Waals surface area (Å²) < 4.78 is 4.69. The van der Waals surface area contributed by atoms with Crippen LogP contribution in [0.15, 0.2) is 24.3 Å². The van der Waals surface area contributed by atoms with Crippen molar-refractivity contribution in [2.75, 3.05) is 24.5 Å². The van der Waals surface area contributed by atoms with E-state index in [-0.39, 0.29) is 18.7 Å². The molecule has 6 nitrogen and oxygen atoms in total. The van der Waals surface area contributed by atoms with E-state index in [1.165, 1.54) is 14.0 Å². The van der Waals surface area contributed by atoms with Crippen molar-refractivity contribution in [3.8, 4) is 0 Å². The maximum atomic E-state index is 11.3. The molecule has 3 amide bonds. The minimum Gasteiger partial charge on any atom is -0.364 e. The van der Waals surface area contributed by atoms with Gasteiger partial charge in [0.25, 0.3) is 0 Å². The molecule has 0 bridgehead atoms. The third-order valence-electron chi connectivity index (χ3n) is 1.84. The standard InChI is InChI=1S/C11H15N3O3/c1-8(15)13-9-3-5-10(6-4-9)14-11(16)12-7-17-2/h3-6H,7H2,1-2H3,(H,13,15)(H2,12,14,16). The van der Waals surface area contributed by atoms with Gasteiger partial charge >= 0.3 is 6.03 Å². The first-order valence-electron chi connectivity index (χ1n) is 5.03. The summed E-state index contributed by atoms with van der Waals surface area (Å²) in [6, 6.07) is 6.44. The largest absolute Gasteiger partial charge is 0.364 e. The van der Waals surface area contributed by atoms with Gasteiger partial charge in [0.1, 0.15) is 6.73 Å². The Labute approximate surface area is 99.3 Å². The quantitative estimate of drug-likeness (QED) is 0.692. The molecule has 0 aliphatic carbocycles. The molecule has 0 heterocycles. The number of urea groups is 1. The number of rotatable bonds is 4. The minimum absolute atomic E-state index is 0.136. The number of anilines is 2. The maximum Gasteiger partial charge on any atom is 0.321 e. The summed E-state index contributed by atoms with van der Waals surface area (Å²) in [5, 5.41) is 7.73. The molecule has 1 rings (SSSR count). The van der Waals surface area contributed by atoms with Crippen molar-refractivity contribution in [1.29, 1.82) is 0 Å². The predicted octanol–water partition coefficient (Wildman–Crippen LogP) is 1.37. The molecule has 92 valence electrons. The van der Waals surface area contributed by atoms with Crippen LogP contribution in [0.25, 0.3) is 0 Å². The third kappa shape index (κ3) is 4.98. The molecule has 0 aromatic heterocycles. The van der Waals surface area contributed by atoms with Gasteiger partial charge < -0.3 is 20.7 Å². The molecule has 0 radical (unpaired) electrons. The highest BCUT2D eigenvalue weighted by molar-refractivity contribution is 5.91. The number of methoxy groups -OCH3 is 1. The number of amides is 3. The van der Waals surface area contributed by atoms with E-state index < -0.39 is 0 Å². The van der Waals surface area contributed by atoms with E-state index in [1.54, 1.807) is 24.3 Å². The van der Waals surface area contributed by atoms with E-state index in [2.05, 4.69) is 16.0 Å². The topological polar surface area (TPSA) is 79.5 Å². The van der Waals surface area contributed by atoms with Gasteiger partial charge in [-0.05, 0) is 24.3 Å². The van der Waals surface area contributed by atoms with Gasteiger partial charge in [-0.2, -0.15) is 0 Å². The molecule has 0 unspecified atom stereocenters. The number of carbonyl (C=O) groups excluding carboxylic acids is 2. The lowest BCUT2D eigenvalue weighted by atomic mass is 10.3. The van der Waals surface area contributed by atoms with Gasteiger partial charge in [0.05, 0.1) is 0 Å². The summed E-state index contributed by atoms with van der Waals surface area (Å²) in [5.74, 6) is -0.136. The molecular formula is C11H15N3O3. The Kier molecular flexibility index (Phi) is 4.96. The molecule has 0 fully saturated rings. The molecule has 6 heteroatoms. The smallest absolute Gasteiger partial charge is 0.321 e. The highest BCUT2D eigenvalue weighted by atomic mass is 16.5. The Morgan fingerprint density at radius 2 is 1.65 bits per heavy atom. The number of nitrogens with one attached hydrogen (secondary N) is 3. The van der Waals surface area contributed by atoms with Gasteiger partial charge in [0.2, 0.25) is 5.91 Å². The summed E-state index contributed by atoms with van der Waals surface area (Å²) in [4.78, 5) is 22.1. The van der Waals surface area contributed by atoms with Crippen LogP contribution in [0.2, 0.25) is 0 Å². The first-order chi connectivity index (χ1) is 8.11. The van der Waals surface area contributed by atoms with Crippen LogP contribution in [0.5, 0.6) is 0 Å². The molecule has 3 N–H and O–H groups in total. The second-order valence-corrected chi connectivity index (χ2v) is 3.32. The van der Waals surface area contributed by atoms with E-state index >= 15 is 0 Å². The second kappa shape index (κ2) is 6.49. The summed E-state index contributed by atoms with van der Waals surface area (Å²) in [6.45, 7) is 1.58. The molecule has 17 heavy (non-hydrogen) atoms. The number of carbonyl (C=O) groups is 2. The maximum absolute atomic E-state index is 11.3. The summed E-state index contributed by atoms with van der Waals surface area (Å²) in [7, 11) is 1.49. The Hall–Kier alpha value is -2.08. The molecule has 1 aromatic rings. The molecule has 1 aromatic carbocycles. The molecule has 0 atom stereocenters. The van der Waals surface area contributed by atoms with Crippen LogP contribution in [0, 0.1) is 0 Å². The molecule has 0 saturated heterocycles. The lowest BCUT2D eigenvalue weighted by molar-refractivity contribution is -0.114. The van der Waals surface area contributed by atoms with Crippen LogP contribution < -0.4 is 16.0 Å². The highest BCUT2D eigenvalue weighted by Crippen LogP contribution is 2.13.